The van der Waals surface area contributed by atoms with Gasteiger partial charge in [-0.25, -0.2) is 9.67 Å². The van der Waals surface area contributed by atoms with Crippen LogP contribution in [0.2, 0.25) is 0 Å². The SMILES string of the molecule is Cl.Cl.O=C(CC1CCCN1)NCc1ccc(-n2cncn2)cc1. The van der Waals surface area contributed by atoms with Gasteiger partial charge in [0.05, 0.1) is 5.69 Å². The van der Waals surface area contributed by atoms with E-state index in [9.17, 15) is 4.79 Å². The minimum absolute atomic E-state index is 0. The Balaban J connectivity index is 0.00000132. The molecule has 1 aromatic heterocycles. The van der Waals surface area contributed by atoms with Crippen molar-refractivity contribution in [3.05, 3.63) is 42.5 Å². The van der Waals surface area contributed by atoms with Crippen LogP contribution in [0.5, 0.6) is 0 Å². The molecule has 6 nitrogen and oxygen atoms in total. The second-order valence-corrected chi connectivity index (χ2v) is 5.28. The summed E-state index contributed by atoms with van der Waals surface area (Å²) in [7, 11) is 0. The highest BCUT2D eigenvalue weighted by atomic mass is 35.5. The lowest BCUT2D eigenvalue weighted by atomic mass is 10.1. The highest BCUT2D eigenvalue weighted by Gasteiger charge is 2.17. The molecule has 1 amide bonds. The van der Waals surface area contributed by atoms with Gasteiger partial charge in [0.1, 0.15) is 12.7 Å². The molecule has 1 aliphatic heterocycles. The smallest absolute Gasteiger partial charge is 0.221 e. The number of amides is 1. The minimum atomic E-state index is 0. The molecule has 1 atom stereocenters. The van der Waals surface area contributed by atoms with Crippen molar-refractivity contribution in [3.8, 4) is 5.69 Å². The number of nitrogens with zero attached hydrogens (tertiary/aromatic N) is 3. The van der Waals surface area contributed by atoms with Crippen LogP contribution in [-0.2, 0) is 11.3 Å². The van der Waals surface area contributed by atoms with Crippen LogP contribution >= 0.6 is 24.8 Å². The van der Waals surface area contributed by atoms with Gasteiger partial charge in [0, 0.05) is 19.0 Å². The molecule has 2 heterocycles. The van der Waals surface area contributed by atoms with Gasteiger partial charge in [-0.15, -0.1) is 24.8 Å². The molecule has 0 saturated carbocycles. The fourth-order valence-electron chi connectivity index (χ4n) is 2.54. The number of hydrogen-bond donors (Lipinski definition) is 2. The van der Waals surface area contributed by atoms with Crippen LogP contribution in [0.15, 0.2) is 36.9 Å². The van der Waals surface area contributed by atoms with E-state index in [0.29, 0.717) is 19.0 Å². The molecule has 23 heavy (non-hydrogen) atoms. The number of benzene rings is 1. The van der Waals surface area contributed by atoms with Gasteiger partial charge in [-0.3, -0.25) is 4.79 Å². The van der Waals surface area contributed by atoms with Gasteiger partial charge < -0.3 is 10.6 Å². The monoisotopic (exact) mass is 357 g/mol. The molecule has 3 rings (SSSR count). The van der Waals surface area contributed by atoms with Crippen molar-refractivity contribution in [3.63, 3.8) is 0 Å². The number of rotatable bonds is 5. The molecule has 8 heteroatoms. The van der Waals surface area contributed by atoms with Crippen LogP contribution in [0.4, 0.5) is 0 Å². The van der Waals surface area contributed by atoms with Crippen molar-refractivity contribution >= 4 is 30.7 Å². The summed E-state index contributed by atoms with van der Waals surface area (Å²) in [5, 5.41) is 10.4. The van der Waals surface area contributed by atoms with E-state index in [-0.39, 0.29) is 30.7 Å². The van der Waals surface area contributed by atoms with Crippen LogP contribution in [-0.4, -0.2) is 33.3 Å². The quantitative estimate of drug-likeness (QED) is 0.856. The summed E-state index contributed by atoms with van der Waals surface area (Å²) in [6.07, 6.45) is 6.00. The Morgan fingerprint density at radius 1 is 1.30 bits per heavy atom. The molecule has 1 fully saturated rings. The number of carbonyl (C=O) groups excluding carboxylic acids is 1. The van der Waals surface area contributed by atoms with Gasteiger partial charge in [0.15, 0.2) is 0 Å². The van der Waals surface area contributed by atoms with E-state index >= 15 is 0 Å². The molecule has 0 spiro atoms. The Bertz CT molecular complexity index is 582. The van der Waals surface area contributed by atoms with Crippen molar-refractivity contribution in [1.82, 2.24) is 25.4 Å². The fraction of sp³-hybridized carbons (Fsp3) is 0.400. The summed E-state index contributed by atoms with van der Waals surface area (Å²) in [4.78, 5) is 15.8. The number of aromatic nitrogens is 3. The molecule has 1 aromatic carbocycles. The largest absolute Gasteiger partial charge is 0.352 e. The summed E-state index contributed by atoms with van der Waals surface area (Å²) in [5.41, 5.74) is 2.03. The third-order valence-electron chi connectivity index (χ3n) is 3.70. The second-order valence-electron chi connectivity index (χ2n) is 5.28. The highest BCUT2D eigenvalue weighted by molar-refractivity contribution is 5.85. The highest BCUT2D eigenvalue weighted by Crippen LogP contribution is 2.10. The van der Waals surface area contributed by atoms with Gasteiger partial charge in [0.25, 0.3) is 0 Å². The first-order valence-electron chi connectivity index (χ1n) is 7.25. The van der Waals surface area contributed by atoms with Gasteiger partial charge in [-0.2, -0.15) is 5.10 Å². The maximum absolute atomic E-state index is 11.9. The first-order chi connectivity index (χ1) is 10.3. The number of carbonyl (C=O) groups is 1. The van der Waals surface area contributed by atoms with Crippen LogP contribution < -0.4 is 10.6 Å². The molecule has 0 aliphatic carbocycles. The van der Waals surface area contributed by atoms with Crippen molar-refractivity contribution in [2.24, 2.45) is 0 Å². The van der Waals surface area contributed by atoms with E-state index < -0.39 is 0 Å². The van der Waals surface area contributed by atoms with Gasteiger partial charge in [0.2, 0.25) is 5.91 Å². The summed E-state index contributed by atoms with van der Waals surface area (Å²) >= 11 is 0. The van der Waals surface area contributed by atoms with E-state index in [4.69, 9.17) is 0 Å². The maximum atomic E-state index is 11.9. The molecule has 0 bridgehead atoms. The van der Waals surface area contributed by atoms with Crippen LogP contribution in [0, 0.1) is 0 Å². The lowest BCUT2D eigenvalue weighted by molar-refractivity contribution is -0.121. The Labute approximate surface area is 147 Å². The molecule has 1 unspecified atom stereocenters. The Kier molecular flexibility index (Phi) is 8.02. The molecular formula is C15H21Cl2N5O. The first kappa shape index (κ1) is 19.4. The van der Waals surface area contributed by atoms with E-state index in [0.717, 1.165) is 24.2 Å². The Hall–Kier alpha value is -1.63. The topological polar surface area (TPSA) is 71.8 Å². The maximum Gasteiger partial charge on any atom is 0.221 e. The fourth-order valence-corrected chi connectivity index (χ4v) is 2.54. The summed E-state index contributed by atoms with van der Waals surface area (Å²) in [6, 6.07) is 8.26. The predicted molar refractivity (Wildman–Crippen MR) is 93.3 cm³/mol. The second kappa shape index (κ2) is 9.50. The third-order valence-corrected chi connectivity index (χ3v) is 3.70. The number of hydrogen-bond acceptors (Lipinski definition) is 4. The van der Waals surface area contributed by atoms with E-state index in [2.05, 4.69) is 20.7 Å². The molecule has 126 valence electrons. The summed E-state index contributed by atoms with van der Waals surface area (Å²) in [5.74, 6) is 0.106. The van der Waals surface area contributed by atoms with Crippen LogP contribution in [0.25, 0.3) is 5.69 Å². The zero-order valence-corrected chi connectivity index (χ0v) is 14.3. The average Bonchev–Trinajstić information content (AvgIpc) is 3.19. The lowest BCUT2D eigenvalue weighted by Gasteiger charge is -2.10. The van der Waals surface area contributed by atoms with E-state index in [1.807, 2.05) is 24.3 Å². The van der Waals surface area contributed by atoms with Crippen molar-refractivity contribution in [2.75, 3.05) is 6.54 Å². The molecular weight excluding hydrogens is 337 g/mol. The summed E-state index contributed by atoms with van der Waals surface area (Å²) in [6.45, 7) is 1.59. The molecule has 0 radical (unpaired) electrons. The average molecular weight is 358 g/mol. The lowest BCUT2D eigenvalue weighted by Crippen LogP contribution is -2.31. The molecule has 2 aromatic rings. The third kappa shape index (κ3) is 5.49. The zero-order chi connectivity index (χ0) is 14.5. The molecule has 2 N–H and O–H groups in total. The number of halogens is 2. The van der Waals surface area contributed by atoms with Gasteiger partial charge >= 0.3 is 0 Å². The predicted octanol–water partition coefficient (Wildman–Crippen LogP) is 1.87. The van der Waals surface area contributed by atoms with Crippen molar-refractivity contribution in [2.45, 2.75) is 31.8 Å². The summed E-state index contributed by atoms with van der Waals surface area (Å²) < 4.78 is 1.70. The normalized spacial score (nSPS) is 16.3. The molecule has 1 aliphatic rings. The molecule has 1 saturated heterocycles. The van der Waals surface area contributed by atoms with Crippen molar-refractivity contribution < 1.29 is 4.79 Å². The minimum Gasteiger partial charge on any atom is -0.352 e. The Morgan fingerprint density at radius 3 is 2.70 bits per heavy atom. The zero-order valence-electron chi connectivity index (χ0n) is 12.6. The number of nitrogens with one attached hydrogen (secondary N) is 2. The van der Waals surface area contributed by atoms with E-state index in [1.165, 1.54) is 12.7 Å². The van der Waals surface area contributed by atoms with Gasteiger partial charge in [-0.1, -0.05) is 12.1 Å². The van der Waals surface area contributed by atoms with Crippen LogP contribution in [0.1, 0.15) is 24.8 Å². The van der Waals surface area contributed by atoms with Crippen LogP contribution in [0.3, 0.4) is 0 Å². The standard InChI is InChI=1S/C15H19N5O.2ClH/c21-15(8-13-2-1-7-17-13)18-9-12-3-5-14(6-4-12)20-11-16-10-19-20;;/h3-6,10-11,13,17H,1-2,7-9H2,(H,18,21);2*1H. The van der Waals surface area contributed by atoms with Crippen molar-refractivity contribution in [1.29, 1.82) is 0 Å². The van der Waals surface area contributed by atoms with E-state index in [1.54, 1.807) is 11.0 Å². The Morgan fingerprint density at radius 2 is 2.09 bits per heavy atom. The van der Waals surface area contributed by atoms with Gasteiger partial charge in [-0.05, 0) is 37.1 Å². The first-order valence-corrected chi connectivity index (χ1v) is 7.25.